The minimum atomic E-state index is -3.39. The first-order valence-corrected chi connectivity index (χ1v) is 11.3. The molecular weight excluding hydrogens is 352 g/mol. The third-order valence-corrected chi connectivity index (χ3v) is 8.14. The summed E-state index contributed by atoms with van der Waals surface area (Å²) in [7, 11) is -3.39. The quantitative estimate of drug-likeness (QED) is 0.821. The molecule has 2 aliphatic rings. The van der Waals surface area contributed by atoms with Gasteiger partial charge in [0.2, 0.25) is 10.0 Å². The molecule has 0 N–H and O–H groups in total. The Morgan fingerprint density at radius 1 is 1.04 bits per heavy atom. The van der Waals surface area contributed by atoms with E-state index in [0.29, 0.717) is 29.9 Å². The zero-order valence-electron chi connectivity index (χ0n) is 14.3. The van der Waals surface area contributed by atoms with E-state index in [4.69, 9.17) is 0 Å². The normalized spacial score (nSPS) is 25.6. The van der Waals surface area contributed by atoms with E-state index in [9.17, 15) is 8.42 Å². The highest BCUT2D eigenvalue weighted by Gasteiger charge is 2.42. The molecule has 1 aromatic carbocycles. The van der Waals surface area contributed by atoms with Crippen molar-refractivity contribution in [2.45, 2.75) is 36.7 Å². The van der Waals surface area contributed by atoms with Crippen LogP contribution in [0.25, 0.3) is 0 Å². The molecule has 2 saturated heterocycles. The lowest BCUT2D eigenvalue weighted by Crippen LogP contribution is -2.40. The van der Waals surface area contributed by atoms with Gasteiger partial charge in [0.1, 0.15) is 0 Å². The molecule has 6 heteroatoms. The number of thiophene rings is 1. The van der Waals surface area contributed by atoms with Gasteiger partial charge in [0.05, 0.1) is 4.90 Å². The maximum Gasteiger partial charge on any atom is 0.243 e. The van der Waals surface area contributed by atoms with Gasteiger partial charge in [-0.25, -0.2) is 8.42 Å². The number of hydrogen-bond donors (Lipinski definition) is 0. The molecule has 4 rings (SSSR count). The SMILES string of the molecule is O=S(=O)(c1ccccc1)N1C[C@@H]2CCCCN(Cc3cccs3)[C@@H]2C1. The van der Waals surface area contributed by atoms with Crippen LogP contribution in [0.5, 0.6) is 0 Å². The standard InChI is InChI=1S/C19H24N2O2S2/c22-25(23,18-9-2-1-3-10-18)21-13-16-7-4-5-11-20(19(16)15-21)14-17-8-6-12-24-17/h1-3,6,8-10,12,16,19H,4-5,7,11,13-15H2/t16-,19+/m0/s1. The van der Waals surface area contributed by atoms with Crippen LogP contribution in [0.3, 0.4) is 0 Å². The second-order valence-corrected chi connectivity index (χ2v) is 9.98. The number of benzene rings is 1. The Labute approximate surface area is 154 Å². The molecule has 4 nitrogen and oxygen atoms in total. The molecule has 0 amide bonds. The van der Waals surface area contributed by atoms with Crippen molar-refractivity contribution in [1.29, 1.82) is 0 Å². The second kappa shape index (κ2) is 7.19. The van der Waals surface area contributed by atoms with Crippen molar-refractivity contribution in [3.05, 3.63) is 52.7 Å². The van der Waals surface area contributed by atoms with Crippen molar-refractivity contribution in [1.82, 2.24) is 9.21 Å². The van der Waals surface area contributed by atoms with E-state index in [-0.39, 0.29) is 0 Å². The van der Waals surface area contributed by atoms with Gasteiger partial charge < -0.3 is 0 Å². The topological polar surface area (TPSA) is 40.6 Å². The van der Waals surface area contributed by atoms with Crippen molar-refractivity contribution in [3.63, 3.8) is 0 Å². The van der Waals surface area contributed by atoms with Gasteiger partial charge in [-0.1, -0.05) is 30.7 Å². The Morgan fingerprint density at radius 2 is 1.88 bits per heavy atom. The van der Waals surface area contributed by atoms with Gasteiger partial charge >= 0.3 is 0 Å². The van der Waals surface area contributed by atoms with Gasteiger partial charge in [0.15, 0.2) is 0 Å². The lowest BCUT2D eigenvalue weighted by molar-refractivity contribution is 0.178. The Kier molecular flexibility index (Phi) is 4.95. The summed E-state index contributed by atoms with van der Waals surface area (Å²) >= 11 is 1.79. The van der Waals surface area contributed by atoms with Crippen LogP contribution in [0.15, 0.2) is 52.7 Å². The molecule has 2 atom stereocenters. The van der Waals surface area contributed by atoms with Crippen molar-refractivity contribution in [3.8, 4) is 0 Å². The molecule has 134 valence electrons. The highest BCUT2D eigenvalue weighted by molar-refractivity contribution is 7.89. The van der Waals surface area contributed by atoms with Gasteiger partial charge in [-0.15, -0.1) is 11.3 Å². The fraction of sp³-hybridized carbons (Fsp3) is 0.474. The van der Waals surface area contributed by atoms with Crippen molar-refractivity contribution < 1.29 is 8.42 Å². The monoisotopic (exact) mass is 376 g/mol. The molecule has 0 radical (unpaired) electrons. The van der Waals surface area contributed by atoms with Crippen LogP contribution in [-0.4, -0.2) is 43.3 Å². The van der Waals surface area contributed by atoms with Gasteiger partial charge in [0, 0.05) is 30.6 Å². The van der Waals surface area contributed by atoms with Crippen LogP contribution in [0.2, 0.25) is 0 Å². The second-order valence-electron chi connectivity index (χ2n) is 7.01. The van der Waals surface area contributed by atoms with Crippen LogP contribution >= 0.6 is 11.3 Å². The van der Waals surface area contributed by atoms with Crippen molar-refractivity contribution >= 4 is 21.4 Å². The van der Waals surface area contributed by atoms with Gasteiger partial charge in [-0.2, -0.15) is 4.31 Å². The number of fused-ring (bicyclic) bond motifs is 1. The molecule has 2 aliphatic heterocycles. The highest BCUT2D eigenvalue weighted by atomic mass is 32.2. The summed E-state index contributed by atoms with van der Waals surface area (Å²) in [6.07, 6.45) is 3.54. The maximum atomic E-state index is 13.0. The Balaban J connectivity index is 1.55. The van der Waals surface area contributed by atoms with Crippen LogP contribution in [-0.2, 0) is 16.6 Å². The van der Waals surface area contributed by atoms with Gasteiger partial charge in [0.25, 0.3) is 0 Å². The van der Waals surface area contributed by atoms with E-state index in [0.717, 1.165) is 19.5 Å². The fourth-order valence-electron chi connectivity index (χ4n) is 4.14. The average molecular weight is 377 g/mol. The average Bonchev–Trinajstić information content (AvgIpc) is 3.25. The first-order valence-electron chi connectivity index (χ1n) is 8.96. The smallest absolute Gasteiger partial charge is 0.243 e. The largest absolute Gasteiger partial charge is 0.294 e. The summed E-state index contributed by atoms with van der Waals surface area (Å²) in [5, 5.41) is 2.12. The lowest BCUT2D eigenvalue weighted by Gasteiger charge is -2.29. The molecule has 0 spiro atoms. The number of sulfonamides is 1. The molecule has 0 aliphatic carbocycles. The molecule has 0 saturated carbocycles. The Hall–Kier alpha value is -1.21. The van der Waals surface area contributed by atoms with E-state index in [2.05, 4.69) is 22.4 Å². The summed E-state index contributed by atoms with van der Waals surface area (Å²) in [4.78, 5) is 4.30. The molecular formula is C19H24N2O2S2. The summed E-state index contributed by atoms with van der Waals surface area (Å²) in [6, 6.07) is 13.5. The lowest BCUT2D eigenvalue weighted by atomic mass is 9.98. The van der Waals surface area contributed by atoms with E-state index in [1.165, 1.54) is 17.7 Å². The van der Waals surface area contributed by atoms with Crippen LogP contribution in [0.4, 0.5) is 0 Å². The maximum absolute atomic E-state index is 13.0. The van der Waals surface area contributed by atoms with Crippen molar-refractivity contribution in [2.24, 2.45) is 5.92 Å². The summed E-state index contributed by atoms with van der Waals surface area (Å²) < 4.78 is 27.7. The number of hydrogen-bond acceptors (Lipinski definition) is 4. The van der Waals surface area contributed by atoms with E-state index in [1.807, 2.05) is 6.07 Å². The van der Waals surface area contributed by atoms with E-state index >= 15 is 0 Å². The summed E-state index contributed by atoms with van der Waals surface area (Å²) in [6.45, 7) is 3.28. The zero-order chi connectivity index (χ0) is 17.3. The number of likely N-dealkylation sites (tertiary alicyclic amines) is 1. The minimum Gasteiger partial charge on any atom is -0.294 e. The first kappa shape index (κ1) is 17.2. The van der Waals surface area contributed by atoms with Crippen molar-refractivity contribution in [2.75, 3.05) is 19.6 Å². The number of rotatable bonds is 4. The molecule has 25 heavy (non-hydrogen) atoms. The van der Waals surface area contributed by atoms with E-state index in [1.54, 1.807) is 39.9 Å². The molecule has 0 bridgehead atoms. The predicted molar refractivity (Wildman–Crippen MR) is 101 cm³/mol. The fourth-order valence-corrected chi connectivity index (χ4v) is 6.40. The van der Waals surface area contributed by atoms with Gasteiger partial charge in [-0.3, -0.25) is 4.90 Å². The highest BCUT2D eigenvalue weighted by Crippen LogP contribution is 2.34. The predicted octanol–water partition coefficient (Wildman–Crippen LogP) is 3.42. The third kappa shape index (κ3) is 3.53. The Morgan fingerprint density at radius 3 is 2.64 bits per heavy atom. The molecule has 1 aromatic heterocycles. The molecule has 3 heterocycles. The minimum absolute atomic E-state index is 0.336. The summed E-state index contributed by atoms with van der Waals surface area (Å²) in [5.41, 5.74) is 0. The van der Waals surface area contributed by atoms with Crippen LogP contribution < -0.4 is 0 Å². The first-order chi connectivity index (χ1) is 12.1. The molecule has 0 unspecified atom stereocenters. The Bertz CT molecular complexity index is 790. The molecule has 2 aromatic rings. The van der Waals surface area contributed by atoms with Gasteiger partial charge in [-0.05, 0) is 48.9 Å². The summed E-state index contributed by atoms with van der Waals surface area (Å²) in [5.74, 6) is 0.445. The van der Waals surface area contributed by atoms with Crippen LogP contribution in [0, 0.1) is 5.92 Å². The number of nitrogens with zero attached hydrogens (tertiary/aromatic N) is 2. The third-order valence-electron chi connectivity index (χ3n) is 5.43. The zero-order valence-corrected chi connectivity index (χ0v) is 15.9. The van der Waals surface area contributed by atoms with E-state index < -0.39 is 10.0 Å². The molecule has 2 fully saturated rings. The van der Waals surface area contributed by atoms with Crippen LogP contribution in [0.1, 0.15) is 24.1 Å².